The van der Waals surface area contributed by atoms with E-state index in [-0.39, 0.29) is 0 Å². The number of benzene rings is 2. The number of hydrogen-bond acceptors (Lipinski definition) is 2. The summed E-state index contributed by atoms with van der Waals surface area (Å²) in [5.74, 6) is 0. The summed E-state index contributed by atoms with van der Waals surface area (Å²) in [6.07, 6.45) is 3.67. The SMILES string of the molecule is C=CCNc1ccccc1-c1coc2ccccc12. The average Bonchev–Trinajstić information content (AvgIpc) is 2.89. The molecule has 0 fully saturated rings. The van der Waals surface area contributed by atoms with Crippen LogP contribution in [-0.4, -0.2) is 6.54 Å². The van der Waals surface area contributed by atoms with Gasteiger partial charge >= 0.3 is 0 Å². The van der Waals surface area contributed by atoms with Gasteiger partial charge in [0.05, 0.1) is 6.26 Å². The molecule has 0 aliphatic heterocycles. The maximum absolute atomic E-state index is 5.61. The highest BCUT2D eigenvalue weighted by Crippen LogP contribution is 2.34. The summed E-state index contributed by atoms with van der Waals surface area (Å²) in [4.78, 5) is 0. The molecule has 94 valence electrons. The Morgan fingerprint density at radius 2 is 1.79 bits per heavy atom. The third kappa shape index (κ3) is 2.13. The molecule has 3 aromatic rings. The molecule has 2 heteroatoms. The van der Waals surface area contributed by atoms with Gasteiger partial charge in [-0.05, 0) is 12.1 Å². The standard InChI is InChI=1S/C17H15NO/c1-2-11-18-16-9-5-3-7-13(16)15-12-19-17-10-6-4-8-14(15)17/h2-10,12,18H,1,11H2. The van der Waals surface area contributed by atoms with Crippen molar-refractivity contribution in [1.82, 2.24) is 0 Å². The lowest BCUT2D eigenvalue weighted by Gasteiger charge is -2.09. The monoisotopic (exact) mass is 249 g/mol. The molecule has 0 atom stereocenters. The van der Waals surface area contributed by atoms with Gasteiger partial charge in [-0.2, -0.15) is 0 Å². The Labute approximate surface area is 112 Å². The first-order chi connectivity index (χ1) is 9.40. The number of nitrogens with one attached hydrogen (secondary N) is 1. The van der Waals surface area contributed by atoms with Crippen LogP contribution >= 0.6 is 0 Å². The molecule has 0 radical (unpaired) electrons. The van der Waals surface area contributed by atoms with Gasteiger partial charge in [-0.15, -0.1) is 6.58 Å². The molecule has 0 saturated heterocycles. The molecule has 0 aliphatic rings. The molecule has 19 heavy (non-hydrogen) atoms. The van der Waals surface area contributed by atoms with Gasteiger partial charge in [-0.1, -0.05) is 42.5 Å². The highest BCUT2D eigenvalue weighted by atomic mass is 16.3. The van der Waals surface area contributed by atoms with Crippen LogP contribution in [-0.2, 0) is 0 Å². The minimum absolute atomic E-state index is 0.743. The first-order valence-electron chi connectivity index (χ1n) is 6.30. The molecular weight excluding hydrogens is 234 g/mol. The van der Waals surface area contributed by atoms with Crippen molar-refractivity contribution in [2.45, 2.75) is 0 Å². The molecule has 2 aromatic carbocycles. The highest BCUT2D eigenvalue weighted by Gasteiger charge is 2.10. The Hall–Kier alpha value is -2.48. The molecule has 0 saturated carbocycles. The van der Waals surface area contributed by atoms with E-state index in [0.717, 1.165) is 34.3 Å². The molecular formula is C17H15NO. The predicted octanol–water partition coefficient (Wildman–Crippen LogP) is 4.70. The van der Waals surface area contributed by atoms with E-state index in [0.29, 0.717) is 0 Å². The summed E-state index contributed by atoms with van der Waals surface area (Å²) in [5.41, 5.74) is 4.27. The van der Waals surface area contributed by atoms with E-state index >= 15 is 0 Å². The van der Waals surface area contributed by atoms with Crippen molar-refractivity contribution in [1.29, 1.82) is 0 Å². The molecule has 1 aromatic heterocycles. The molecule has 0 amide bonds. The van der Waals surface area contributed by atoms with Gasteiger partial charge in [0.25, 0.3) is 0 Å². The quantitative estimate of drug-likeness (QED) is 0.678. The van der Waals surface area contributed by atoms with Crippen molar-refractivity contribution in [2.75, 3.05) is 11.9 Å². The fourth-order valence-corrected chi connectivity index (χ4v) is 2.24. The zero-order chi connectivity index (χ0) is 13.1. The normalized spacial score (nSPS) is 10.5. The van der Waals surface area contributed by atoms with Crippen LogP contribution in [0.3, 0.4) is 0 Å². The lowest BCUT2D eigenvalue weighted by atomic mass is 10.0. The number of rotatable bonds is 4. The van der Waals surface area contributed by atoms with Crippen LogP contribution in [0.2, 0.25) is 0 Å². The van der Waals surface area contributed by atoms with Crippen LogP contribution in [0.1, 0.15) is 0 Å². The Kier molecular flexibility index (Phi) is 3.07. The molecule has 0 unspecified atom stereocenters. The number of hydrogen-bond donors (Lipinski definition) is 1. The predicted molar refractivity (Wildman–Crippen MR) is 80.3 cm³/mol. The number of fused-ring (bicyclic) bond motifs is 1. The summed E-state index contributed by atoms with van der Waals surface area (Å²) in [6, 6.07) is 16.3. The molecule has 1 heterocycles. The highest BCUT2D eigenvalue weighted by molar-refractivity contribution is 5.97. The molecule has 0 spiro atoms. The fourth-order valence-electron chi connectivity index (χ4n) is 2.24. The van der Waals surface area contributed by atoms with Crippen LogP contribution in [0.15, 0.2) is 71.9 Å². The summed E-state index contributed by atoms with van der Waals surface area (Å²) in [6.45, 7) is 4.48. The van der Waals surface area contributed by atoms with Crippen LogP contribution < -0.4 is 5.32 Å². The van der Waals surface area contributed by atoms with Crippen molar-refractivity contribution in [3.63, 3.8) is 0 Å². The first kappa shape index (κ1) is 11.6. The van der Waals surface area contributed by atoms with Gasteiger partial charge in [0.2, 0.25) is 0 Å². The van der Waals surface area contributed by atoms with E-state index < -0.39 is 0 Å². The second-order valence-corrected chi connectivity index (χ2v) is 4.36. The van der Waals surface area contributed by atoms with Crippen LogP contribution in [0.5, 0.6) is 0 Å². The minimum atomic E-state index is 0.743. The minimum Gasteiger partial charge on any atom is -0.464 e. The topological polar surface area (TPSA) is 25.2 Å². The number of anilines is 1. The van der Waals surface area contributed by atoms with Gasteiger partial charge < -0.3 is 9.73 Å². The van der Waals surface area contributed by atoms with Gasteiger partial charge in [0.15, 0.2) is 0 Å². The molecule has 0 bridgehead atoms. The second kappa shape index (κ2) is 5.02. The fraction of sp³-hybridized carbons (Fsp3) is 0.0588. The van der Waals surface area contributed by atoms with Crippen molar-refractivity contribution in [3.05, 3.63) is 67.4 Å². The van der Waals surface area contributed by atoms with E-state index in [9.17, 15) is 0 Å². The van der Waals surface area contributed by atoms with Gasteiger partial charge in [0, 0.05) is 28.7 Å². The summed E-state index contributed by atoms with van der Waals surface area (Å²) in [7, 11) is 0. The van der Waals surface area contributed by atoms with E-state index in [2.05, 4.69) is 30.1 Å². The summed E-state index contributed by atoms with van der Waals surface area (Å²) >= 11 is 0. The largest absolute Gasteiger partial charge is 0.464 e. The zero-order valence-electron chi connectivity index (χ0n) is 10.6. The van der Waals surface area contributed by atoms with Gasteiger partial charge in [-0.25, -0.2) is 0 Å². The van der Waals surface area contributed by atoms with Crippen molar-refractivity contribution in [3.8, 4) is 11.1 Å². The van der Waals surface area contributed by atoms with Crippen LogP contribution in [0.25, 0.3) is 22.1 Å². The van der Waals surface area contributed by atoms with E-state index in [4.69, 9.17) is 4.42 Å². The average molecular weight is 249 g/mol. The van der Waals surface area contributed by atoms with Gasteiger partial charge in [-0.3, -0.25) is 0 Å². The van der Waals surface area contributed by atoms with Crippen molar-refractivity contribution in [2.24, 2.45) is 0 Å². The maximum Gasteiger partial charge on any atom is 0.134 e. The number of para-hydroxylation sites is 2. The van der Waals surface area contributed by atoms with Crippen molar-refractivity contribution < 1.29 is 4.42 Å². The Morgan fingerprint density at radius 3 is 2.68 bits per heavy atom. The smallest absolute Gasteiger partial charge is 0.134 e. The first-order valence-corrected chi connectivity index (χ1v) is 6.30. The number of furan rings is 1. The van der Waals surface area contributed by atoms with Crippen LogP contribution in [0, 0.1) is 0 Å². The van der Waals surface area contributed by atoms with E-state index in [1.807, 2.05) is 42.7 Å². The third-order valence-electron chi connectivity index (χ3n) is 3.14. The van der Waals surface area contributed by atoms with Gasteiger partial charge in [0.1, 0.15) is 5.58 Å². The van der Waals surface area contributed by atoms with E-state index in [1.54, 1.807) is 0 Å². The summed E-state index contributed by atoms with van der Waals surface area (Å²) in [5, 5.41) is 4.49. The Balaban J connectivity index is 2.13. The third-order valence-corrected chi connectivity index (χ3v) is 3.14. The van der Waals surface area contributed by atoms with Crippen LogP contribution in [0.4, 0.5) is 5.69 Å². The molecule has 2 nitrogen and oxygen atoms in total. The molecule has 1 N–H and O–H groups in total. The summed E-state index contributed by atoms with van der Waals surface area (Å²) < 4.78 is 5.61. The second-order valence-electron chi connectivity index (χ2n) is 4.36. The zero-order valence-corrected chi connectivity index (χ0v) is 10.6. The Morgan fingerprint density at radius 1 is 1.00 bits per heavy atom. The van der Waals surface area contributed by atoms with E-state index in [1.165, 1.54) is 0 Å². The maximum atomic E-state index is 5.61. The molecule has 3 rings (SSSR count). The van der Waals surface area contributed by atoms with Crippen molar-refractivity contribution >= 4 is 16.7 Å². The lowest BCUT2D eigenvalue weighted by Crippen LogP contribution is -1.99. The molecule has 0 aliphatic carbocycles. The Bertz CT molecular complexity index is 712. The lowest BCUT2D eigenvalue weighted by molar-refractivity contribution is 0.617.